The number of rotatable bonds is 8. The van der Waals surface area contributed by atoms with Crippen LogP contribution in [0, 0.1) is 0 Å². The van der Waals surface area contributed by atoms with E-state index in [4.69, 9.17) is 20.8 Å². The highest BCUT2D eigenvalue weighted by Crippen LogP contribution is 2.45. The lowest BCUT2D eigenvalue weighted by molar-refractivity contribution is -0.131. The van der Waals surface area contributed by atoms with E-state index in [9.17, 15) is 4.79 Å². The molecule has 1 aliphatic heterocycles. The summed E-state index contributed by atoms with van der Waals surface area (Å²) in [6, 6.07) is 27.4. The molecule has 0 spiro atoms. The lowest BCUT2D eigenvalue weighted by atomic mass is 9.83. The molecule has 2 unspecified atom stereocenters. The van der Waals surface area contributed by atoms with E-state index in [0.717, 1.165) is 33.6 Å². The highest BCUT2D eigenvalue weighted by Gasteiger charge is 2.37. The van der Waals surface area contributed by atoms with Crippen molar-refractivity contribution in [1.82, 2.24) is 24.6 Å². The van der Waals surface area contributed by atoms with E-state index >= 15 is 0 Å². The van der Waals surface area contributed by atoms with Gasteiger partial charge in [0.25, 0.3) is 0 Å². The molecule has 222 valence electrons. The minimum atomic E-state index is -0.146. The summed E-state index contributed by atoms with van der Waals surface area (Å²) in [6.07, 6.45) is 1.61. The van der Waals surface area contributed by atoms with Gasteiger partial charge in [-0.15, -0.1) is 10.2 Å². The summed E-state index contributed by atoms with van der Waals surface area (Å²) in [4.78, 5) is 19.6. The molecule has 8 nitrogen and oxygen atoms in total. The number of hydrogen-bond acceptors (Lipinski definition) is 6. The molecular weight excluding hydrogens is 594 g/mol. The van der Waals surface area contributed by atoms with E-state index in [1.807, 2.05) is 77.1 Å². The topological polar surface area (TPSA) is 89.2 Å². The van der Waals surface area contributed by atoms with Crippen LogP contribution in [0.2, 0.25) is 5.02 Å². The number of carbonyl (C=O) groups is 1. The molecule has 3 aromatic heterocycles. The van der Waals surface area contributed by atoms with Gasteiger partial charge >= 0.3 is 0 Å². The minimum absolute atomic E-state index is 0.00431. The van der Waals surface area contributed by atoms with Gasteiger partial charge in [0.05, 0.1) is 30.4 Å². The first-order valence-corrected chi connectivity index (χ1v) is 15.9. The fourth-order valence-corrected chi connectivity index (χ4v) is 7.15. The van der Waals surface area contributed by atoms with Crippen molar-refractivity contribution in [2.75, 3.05) is 18.9 Å². The zero-order valence-corrected chi connectivity index (χ0v) is 25.8. The average Bonchev–Trinajstić information content (AvgIpc) is 3.80. The van der Waals surface area contributed by atoms with Gasteiger partial charge in [0.1, 0.15) is 5.75 Å². The number of hydrogen-bond donors (Lipinski definition) is 1. The van der Waals surface area contributed by atoms with Crippen molar-refractivity contribution >= 4 is 40.2 Å². The number of aromatic amines is 1. The van der Waals surface area contributed by atoms with Crippen molar-refractivity contribution in [3.63, 3.8) is 0 Å². The molecule has 0 radical (unpaired) electrons. The third-order valence-corrected chi connectivity index (χ3v) is 9.35. The Labute approximate surface area is 264 Å². The molecule has 3 aromatic carbocycles. The van der Waals surface area contributed by atoms with Crippen LogP contribution in [0.15, 0.2) is 101 Å². The number of nitrogens with one attached hydrogen (secondary N) is 1. The van der Waals surface area contributed by atoms with Crippen molar-refractivity contribution < 1.29 is 13.9 Å². The average molecular weight is 624 g/mol. The highest BCUT2D eigenvalue weighted by atomic mass is 35.5. The van der Waals surface area contributed by atoms with Crippen LogP contribution in [0.3, 0.4) is 0 Å². The Morgan fingerprint density at radius 2 is 1.84 bits per heavy atom. The molecule has 44 heavy (non-hydrogen) atoms. The van der Waals surface area contributed by atoms with Crippen molar-refractivity contribution in [3.05, 3.63) is 113 Å². The van der Waals surface area contributed by atoms with Gasteiger partial charge in [0, 0.05) is 34.1 Å². The summed E-state index contributed by atoms with van der Waals surface area (Å²) < 4.78 is 13.2. The maximum atomic E-state index is 14.0. The Hall–Kier alpha value is -4.47. The molecule has 1 amide bonds. The van der Waals surface area contributed by atoms with E-state index in [1.54, 1.807) is 6.26 Å². The standard InChI is InChI=1S/C34H30ClN5O3S/c1-3-42-23-16-14-22(15-17-23)40-33(29-13-8-18-43-29)37-38-34(40)44-20-30(41)39-19-26(24-9-4-6-11-27(24)35)31-25-10-5-7-12-28(25)36-32(31)21(39)2/h4-18,21,26,36H,3,19-20H2,1-2H3. The number of H-pyrrole nitrogens is 1. The van der Waals surface area contributed by atoms with E-state index in [0.29, 0.717) is 34.9 Å². The molecule has 0 bridgehead atoms. The number of fused-ring (bicyclic) bond motifs is 3. The number of furan rings is 1. The number of benzene rings is 3. The van der Waals surface area contributed by atoms with Crippen molar-refractivity contribution in [2.24, 2.45) is 0 Å². The van der Waals surface area contributed by atoms with Crippen LogP contribution in [-0.4, -0.2) is 49.5 Å². The number of ether oxygens (including phenoxy) is 1. The maximum Gasteiger partial charge on any atom is 0.233 e. The Morgan fingerprint density at radius 3 is 2.61 bits per heavy atom. The largest absolute Gasteiger partial charge is 0.494 e. The van der Waals surface area contributed by atoms with Gasteiger partial charge in [-0.25, -0.2) is 0 Å². The fourth-order valence-electron chi connectivity index (χ4n) is 6.05. The molecule has 0 saturated carbocycles. The van der Waals surface area contributed by atoms with Gasteiger partial charge in [0.15, 0.2) is 10.9 Å². The number of carbonyl (C=O) groups excluding carboxylic acids is 1. The van der Waals surface area contributed by atoms with E-state index in [-0.39, 0.29) is 23.6 Å². The summed E-state index contributed by atoms with van der Waals surface area (Å²) in [5.74, 6) is 2.03. The third-order valence-electron chi connectivity index (χ3n) is 8.10. The first-order chi connectivity index (χ1) is 21.5. The molecule has 0 aliphatic carbocycles. The van der Waals surface area contributed by atoms with Gasteiger partial charge < -0.3 is 19.0 Å². The second-order valence-corrected chi connectivity index (χ2v) is 12.0. The van der Waals surface area contributed by atoms with Gasteiger partial charge in [-0.3, -0.25) is 9.36 Å². The van der Waals surface area contributed by atoms with Crippen molar-refractivity contribution in [2.45, 2.75) is 31.0 Å². The van der Waals surface area contributed by atoms with Crippen LogP contribution in [0.5, 0.6) is 5.75 Å². The van der Waals surface area contributed by atoms with Gasteiger partial charge in [-0.1, -0.05) is 59.8 Å². The van der Waals surface area contributed by atoms with Gasteiger partial charge in [-0.2, -0.15) is 0 Å². The molecule has 0 saturated heterocycles. The molecule has 10 heteroatoms. The number of nitrogens with zero attached hydrogens (tertiary/aromatic N) is 4. The number of amides is 1. The minimum Gasteiger partial charge on any atom is -0.494 e. The fraction of sp³-hybridized carbons (Fsp3) is 0.206. The summed E-state index contributed by atoms with van der Waals surface area (Å²) in [5, 5.41) is 11.4. The lowest BCUT2D eigenvalue weighted by Crippen LogP contribution is -2.42. The summed E-state index contributed by atoms with van der Waals surface area (Å²) in [6.45, 7) is 5.13. The molecule has 7 rings (SSSR count). The normalized spacial score (nSPS) is 16.3. The van der Waals surface area contributed by atoms with Crippen molar-refractivity contribution in [3.8, 4) is 23.0 Å². The predicted molar refractivity (Wildman–Crippen MR) is 173 cm³/mol. The first kappa shape index (κ1) is 28.3. The highest BCUT2D eigenvalue weighted by molar-refractivity contribution is 7.99. The first-order valence-electron chi connectivity index (χ1n) is 14.5. The Balaban J connectivity index is 1.20. The van der Waals surface area contributed by atoms with Gasteiger partial charge in [0.2, 0.25) is 11.7 Å². The Bertz CT molecular complexity index is 1930. The maximum absolute atomic E-state index is 14.0. The van der Waals surface area contributed by atoms with Crippen molar-refractivity contribution in [1.29, 1.82) is 0 Å². The smallest absolute Gasteiger partial charge is 0.233 e. The number of para-hydroxylation sites is 1. The van der Waals surface area contributed by atoms with E-state index in [2.05, 4.69) is 46.4 Å². The number of halogens is 1. The molecule has 0 fully saturated rings. The lowest BCUT2D eigenvalue weighted by Gasteiger charge is -2.38. The SMILES string of the molecule is CCOc1ccc(-n2c(SCC(=O)N3CC(c4ccccc4Cl)c4c([nH]c5ccccc45)C3C)nnc2-c2ccco2)cc1. The zero-order valence-electron chi connectivity index (χ0n) is 24.2. The summed E-state index contributed by atoms with van der Waals surface area (Å²) in [7, 11) is 0. The van der Waals surface area contributed by atoms with Crippen LogP contribution in [-0.2, 0) is 4.79 Å². The van der Waals surface area contributed by atoms with Crippen LogP contribution in [0.4, 0.5) is 0 Å². The van der Waals surface area contributed by atoms with Gasteiger partial charge in [-0.05, 0) is 73.5 Å². The van der Waals surface area contributed by atoms with Crippen LogP contribution in [0.25, 0.3) is 28.2 Å². The summed E-state index contributed by atoms with van der Waals surface area (Å²) in [5.41, 5.74) is 5.15. The van der Waals surface area contributed by atoms with Crippen LogP contribution >= 0.6 is 23.4 Å². The Kier molecular flexibility index (Phi) is 7.66. The number of thioether (sulfide) groups is 1. The van der Waals surface area contributed by atoms with E-state index in [1.165, 1.54) is 17.3 Å². The monoisotopic (exact) mass is 623 g/mol. The third kappa shape index (κ3) is 5.06. The number of aromatic nitrogens is 4. The predicted octanol–water partition coefficient (Wildman–Crippen LogP) is 7.89. The molecule has 4 heterocycles. The molecular formula is C34H30ClN5O3S. The molecule has 1 N–H and O–H groups in total. The molecule has 6 aromatic rings. The summed E-state index contributed by atoms with van der Waals surface area (Å²) >= 11 is 8.10. The zero-order chi connectivity index (χ0) is 30.2. The second kappa shape index (κ2) is 11.9. The Morgan fingerprint density at radius 1 is 1.05 bits per heavy atom. The second-order valence-electron chi connectivity index (χ2n) is 10.6. The quantitative estimate of drug-likeness (QED) is 0.173. The van der Waals surface area contributed by atoms with Crippen LogP contribution < -0.4 is 4.74 Å². The van der Waals surface area contributed by atoms with E-state index < -0.39 is 0 Å². The molecule has 1 aliphatic rings. The molecule has 2 atom stereocenters. The van der Waals surface area contributed by atoms with Crippen LogP contribution in [0.1, 0.15) is 42.6 Å².